The Labute approximate surface area is 158 Å². The fraction of sp³-hybridized carbons (Fsp3) is 0.812. The van der Waals surface area contributed by atoms with Crippen LogP contribution in [0.15, 0.2) is 4.34 Å². The van der Waals surface area contributed by atoms with Crippen molar-refractivity contribution >= 4 is 34.1 Å². The number of alkyl halides is 3. The highest BCUT2D eigenvalue weighted by molar-refractivity contribution is 8.02. The van der Waals surface area contributed by atoms with E-state index in [0.717, 1.165) is 23.2 Å². The van der Waals surface area contributed by atoms with Gasteiger partial charge in [-0.05, 0) is 50.9 Å². The predicted octanol–water partition coefficient (Wildman–Crippen LogP) is 3.93. The molecule has 5 nitrogen and oxygen atoms in total. The van der Waals surface area contributed by atoms with Crippen molar-refractivity contribution in [2.45, 2.75) is 61.3 Å². The molecule has 0 spiro atoms. The first kappa shape index (κ1) is 19.7. The molecular formula is C16H23F3N4OS2. The van der Waals surface area contributed by atoms with Crippen LogP contribution in [0.25, 0.3) is 0 Å². The van der Waals surface area contributed by atoms with E-state index < -0.39 is 12.7 Å². The molecule has 2 bridgehead atoms. The van der Waals surface area contributed by atoms with Crippen LogP contribution in [0.3, 0.4) is 0 Å². The van der Waals surface area contributed by atoms with Crippen LogP contribution in [0.5, 0.6) is 0 Å². The number of halogens is 3. The molecule has 2 aliphatic rings. The highest BCUT2D eigenvalue weighted by atomic mass is 32.2. The van der Waals surface area contributed by atoms with Gasteiger partial charge in [-0.2, -0.15) is 13.2 Å². The quantitative estimate of drug-likeness (QED) is 0.669. The van der Waals surface area contributed by atoms with Crippen molar-refractivity contribution in [3.8, 4) is 0 Å². The van der Waals surface area contributed by atoms with E-state index in [1.54, 1.807) is 6.92 Å². The number of thioether (sulfide) groups is 1. The van der Waals surface area contributed by atoms with Crippen LogP contribution in [0.2, 0.25) is 0 Å². The third-order valence-corrected chi connectivity index (χ3v) is 7.36. The number of aromatic nitrogens is 2. The number of hydrogen-bond acceptors (Lipinski definition) is 6. The van der Waals surface area contributed by atoms with E-state index >= 15 is 0 Å². The van der Waals surface area contributed by atoms with Crippen LogP contribution in [-0.2, 0) is 4.79 Å². The molecule has 146 valence electrons. The monoisotopic (exact) mass is 408 g/mol. The van der Waals surface area contributed by atoms with Gasteiger partial charge in [0.05, 0.1) is 5.25 Å². The summed E-state index contributed by atoms with van der Waals surface area (Å²) in [6.45, 7) is 2.70. The van der Waals surface area contributed by atoms with Gasteiger partial charge in [-0.25, -0.2) is 0 Å². The standard InChI is InChI=1S/C16H23F3N4OS2/c1-8(12-6-10-3-4-11(12)5-10)21-13(24)9(2)25-15-23-22-14(26-15)20-7-16(17,18)19/h8-12H,3-7H2,1-2H3,(H,20,22)(H,21,24). The summed E-state index contributed by atoms with van der Waals surface area (Å²) in [4.78, 5) is 12.4. The number of rotatable bonds is 7. The van der Waals surface area contributed by atoms with Crippen LogP contribution in [-0.4, -0.2) is 40.1 Å². The van der Waals surface area contributed by atoms with Gasteiger partial charge in [-0.15, -0.1) is 10.2 Å². The summed E-state index contributed by atoms with van der Waals surface area (Å²) >= 11 is 2.24. The maximum atomic E-state index is 12.4. The van der Waals surface area contributed by atoms with Crippen LogP contribution in [0, 0.1) is 17.8 Å². The average molecular weight is 409 g/mol. The summed E-state index contributed by atoms with van der Waals surface area (Å²) in [7, 11) is 0. The smallest absolute Gasteiger partial charge is 0.352 e. The molecule has 10 heteroatoms. The number of hydrogen-bond donors (Lipinski definition) is 2. The van der Waals surface area contributed by atoms with Gasteiger partial charge >= 0.3 is 6.18 Å². The Morgan fingerprint density at radius 1 is 1.31 bits per heavy atom. The number of anilines is 1. The second kappa shape index (κ2) is 7.92. The molecule has 5 atom stereocenters. The fourth-order valence-corrected chi connectivity index (χ4v) is 5.97. The van der Waals surface area contributed by atoms with E-state index in [9.17, 15) is 18.0 Å². The lowest BCUT2D eigenvalue weighted by atomic mass is 9.84. The molecule has 0 aromatic carbocycles. The normalized spacial score (nSPS) is 27.3. The summed E-state index contributed by atoms with van der Waals surface area (Å²) in [6.07, 6.45) is 0.808. The molecule has 1 aromatic rings. The summed E-state index contributed by atoms with van der Waals surface area (Å²) < 4.78 is 37.1. The first-order chi connectivity index (χ1) is 12.2. The predicted molar refractivity (Wildman–Crippen MR) is 96.3 cm³/mol. The third-order valence-electron chi connectivity index (χ3n) is 5.30. The van der Waals surface area contributed by atoms with Gasteiger partial charge in [0.1, 0.15) is 6.54 Å². The van der Waals surface area contributed by atoms with Crippen molar-refractivity contribution < 1.29 is 18.0 Å². The van der Waals surface area contributed by atoms with Crippen LogP contribution in [0.1, 0.15) is 39.5 Å². The Morgan fingerprint density at radius 2 is 2.08 bits per heavy atom. The van der Waals surface area contributed by atoms with E-state index in [0.29, 0.717) is 10.3 Å². The lowest BCUT2D eigenvalue weighted by molar-refractivity contribution is -0.121. The second-order valence-electron chi connectivity index (χ2n) is 7.24. The summed E-state index contributed by atoms with van der Waals surface area (Å²) in [5.74, 6) is 2.07. The lowest BCUT2D eigenvalue weighted by Gasteiger charge is -2.29. The van der Waals surface area contributed by atoms with E-state index in [-0.39, 0.29) is 22.3 Å². The molecule has 5 unspecified atom stereocenters. The van der Waals surface area contributed by atoms with E-state index in [1.165, 1.54) is 37.4 Å². The number of fused-ring (bicyclic) bond motifs is 2. The first-order valence-corrected chi connectivity index (χ1v) is 10.5. The number of nitrogens with zero attached hydrogens (tertiary/aromatic N) is 2. The molecule has 3 rings (SSSR count). The number of nitrogens with one attached hydrogen (secondary N) is 2. The first-order valence-electron chi connectivity index (χ1n) is 8.82. The van der Waals surface area contributed by atoms with Crippen LogP contribution in [0.4, 0.5) is 18.3 Å². The zero-order valence-corrected chi connectivity index (χ0v) is 16.3. The fourth-order valence-electron chi connectivity index (χ4n) is 4.06. The van der Waals surface area contributed by atoms with Crippen molar-refractivity contribution in [1.29, 1.82) is 0 Å². The summed E-state index contributed by atoms with van der Waals surface area (Å²) in [6, 6.07) is 0.152. The Balaban J connectivity index is 1.46. The van der Waals surface area contributed by atoms with Crippen molar-refractivity contribution in [3.63, 3.8) is 0 Å². The molecule has 0 saturated heterocycles. The molecule has 2 fully saturated rings. The second-order valence-corrected chi connectivity index (χ2v) is 9.80. The molecule has 2 aliphatic carbocycles. The topological polar surface area (TPSA) is 66.9 Å². The number of amides is 1. The van der Waals surface area contributed by atoms with Crippen molar-refractivity contribution in [3.05, 3.63) is 0 Å². The van der Waals surface area contributed by atoms with Gasteiger partial charge in [0.2, 0.25) is 11.0 Å². The lowest BCUT2D eigenvalue weighted by Crippen LogP contribution is -2.43. The largest absolute Gasteiger partial charge is 0.405 e. The highest BCUT2D eigenvalue weighted by Gasteiger charge is 2.42. The molecule has 0 aliphatic heterocycles. The molecule has 2 N–H and O–H groups in total. The SMILES string of the molecule is CC(Sc1nnc(NCC(F)(F)F)s1)C(=O)NC(C)C1CC2CCC1C2. The summed E-state index contributed by atoms with van der Waals surface area (Å²) in [5, 5.41) is 12.6. The molecule has 1 heterocycles. The molecule has 1 aromatic heterocycles. The maximum absolute atomic E-state index is 12.4. The number of carbonyl (C=O) groups excluding carboxylic acids is 1. The zero-order valence-electron chi connectivity index (χ0n) is 14.7. The highest BCUT2D eigenvalue weighted by Crippen LogP contribution is 2.49. The minimum absolute atomic E-state index is 0.0646. The Bertz CT molecular complexity index is 639. The van der Waals surface area contributed by atoms with Gasteiger partial charge in [0, 0.05) is 6.04 Å². The van der Waals surface area contributed by atoms with Gasteiger partial charge in [0.25, 0.3) is 0 Å². The van der Waals surface area contributed by atoms with Crippen molar-refractivity contribution in [2.24, 2.45) is 17.8 Å². The molecule has 26 heavy (non-hydrogen) atoms. The molecule has 2 saturated carbocycles. The van der Waals surface area contributed by atoms with Gasteiger partial charge in [0.15, 0.2) is 4.34 Å². The zero-order chi connectivity index (χ0) is 18.9. The number of carbonyl (C=O) groups is 1. The van der Waals surface area contributed by atoms with E-state index in [4.69, 9.17) is 0 Å². The van der Waals surface area contributed by atoms with Gasteiger partial charge in [-0.3, -0.25) is 4.79 Å². The molecular weight excluding hydrogens is 385 g/mol. The third kappa shape index (κ3) is 5.03. The average Bonchev–Trinajstić information content (AvgIpc) is 3.28. The van der Waals surface area contributed by atoms with Crippen LogP contribution >= 0.6 is 23.1 Å². The minimum Gasteiger partial charge on any atom is -0.352 e. The molecule has 1 amide bonds. The summed E-state index contributed by atoms with van der Waals surface area (Å²) in [5.41, 5.74) is 0. The van der Waals surface area contributed by atoms with Gasteiger partial charge < -0.3 is 10.6 Å². The van der Waals surface area contributed by atoms with Gasteiger partial charge in [-0.1, -0.05) is 29.5 Å². The molecule has 0 radical (unpaired) electrons. The Hall–Kier alpha value is -1.03. The minimum atomic E-state index is -4.30. The van der Waals surface area contributed by atoms with E-state index in [1.807, 2.05) is 0 Å². The maximum Gasteiger partial charge on any atom is 0.405 e. The van der Waals surface area contributed by atoms with Crippen molar-refractivity contribution in [1.82, 2.24) is 15.5 Å². The van der Waals surface area contributed by atoms with E-state index in [2.05, 4.69) is 27.8 Å². The van der Waals surface area contributed by atoms with Crippen LogP contribution < -0.4 is 10.6 Å². The Kier molecular flexibility index (Phi) is 6.01. The van der Waals surface area contributed by atoms with Crippen molar-refractivity contribution in [2.75, 3.05) is 11.9 Å². The Morgan fingerprint density at radius 3 is 2.69 bits per heavy atom.